The van der Waals surface area contributed by atoms with Gasteiger partial charge in [0, 0.05) is 19.4 Å². The molecule has 0 aliphatic carbocycles. The number of esters is 2. The summed E-state index contributed by atoms with van der Waals surface area (Å²) in [5.74, 6) is -0.320. The van der Waals surface area contributed by atoms with Crippen molar-refractivity contribution in [2.75, 3.05) is 19.8 Å². The third-order valence-corrected chi connectivity index (χ3v) is 11.8. The smallest absolute Gasteiger partial charge is 0.305 e. The molecule has 0 amide bonds. The summed E-state index contributed by atoms with van der Waals surface area (Å²) in [5, 5.41) is 0. The minimum Gasteiger partial charge on any atom is -0.463 e. The van der Waals surface area contributed by atoms with Crippen LogP contribution in [0.4, 0.5) is 0 Å². The van der Waals surface area contributed by atoms with Gasteiger partial charge in [0.05, 0.1) is 0 Å². The third-order valence-electron chi connectivity index (χ3n) is 11.8. The molecule has 0 aliphatic heterocycles. The highest BCUT2D eigenvalue weighted by Crippen LogP contribution is 2.16. The number of carbonyl (C=O) groups is 2. The van der Waals surface area contributed by atoms with E-state index in [1.165, 1.54) is 218 Å². The first-order chi connectivity index (χ1) is 28.6. The second kappa shape index (κ2) is 50.0. The van der Waals surface area contributed by atoms with E-state index in [2.05, 4.69) is 32.9 Å². The molecule has 0 aromatic carbocycles. The fourth-order valence-corrected chi connectivity index (χ4v) is 7.83. The normalized spacial score (nSPS) is 11.7. The molecule has 0 aliphatic rings. The van der Waals surface area contributed by atoms with Crippen molar-refractivity contribution in [1.82, 2.24) is 0 Å². The van der Waals surface area contributed by atoms with Crippen molar-refractivity contribution >= 4 is 11.9 Å². The zero-order chi connectivity index (χ0) is 42.1. The van der Waals surface area contributed by atoms with Crippen LogP contribution in [-0.2, 0) is 23.8 Å². The van der Waals surface area contributed by atoms with Crippen LogP contribution in [0.1, 0.15) is 290 Å². The predicted octanol–water partition coefficient (Wildman–Crippen LogP) is 17.5. The minimum atomic E-state index is -0.394. The van der Waals surface area contributed by atoms with Crippen LogP contribution in [0.5, 0.6) is 0 Å². The van der Waals surface area contributed by atoms with E-state index in [9.17, 15) is 9.59 Å². The molecule has 0 saturated heterocycles. The lowest BCUT2D eigenvalue weighted by molar-refractivity contribution is -0.155. The van der Waals surface area contributed by atoms with Gasteiger partial charge in [-0.1, -0.05) is 245 Å². The van der Waals surface area contributed by atoms with Gasteiger partial charge in [0.1, 0.15) is 19.3 Å². The molecule has 0 atom stereocenters. The Hall–Kier alpha value is -1.36. The Labute approximate surface area is 363 Å². The average Bonchev–Trinajstić information content (AvgIpc) is 3.23. The fraction of sp³-hybridized carbons (Fsp3) is 0.925. The lowest BCUT2D eigenvalue weighted by atomic mass is 10.0. The van der Waals surface area contributed by atoms with Crippen LogP contribution in [0.15, 0.2) is 12.2 Å². The minimum absolute atomic E-state index is 0.160. The van der Waals surface area contributed by atoms with Crippen molar-refractivity contribution in [2.45, 2.75) is 297 Å². The zero-order valence-corrected chi connectivity index (χ0v) is 39.6. The summed E-state index contributed by atoms with van der Waals surface area (Å²) in [6.07, 6.45) is 56.6. The van der Waals surface area contributed by atoms with E-state index >= 15 is 0 Å². The number of rotatable bonds is 49. The topological polar surface area (TPSA) is 61.8 Å². The van der Waals surface area contributed by atoms with Crippen molar-refractivity contribution in [3.8, 4) is 0 Å². The molecular weight excluding hydrogens is 717 g/mol. The Bertz CT molecular complexity index is 794. The SMILES string of the molecule is CCCCCCCC/C=C\CCCCCCCCOC(COC(=O)CCCCCCCCCCCCCCC)COC(=O)CCCCCCCCCCCCCCC. The Morgan fingerprint density at radius 2 is 0.603 bits per heavy atom. The first-order valence-electron chi connectivity index (χ1n) is 26.2. The molecule has 5 heteroatoms. The van der Waals surface area contributed by atoms with Crippen LogP contribution >= 0.6 is 0 Å². The second-order valence-corrected chi connectivity index (χ2v) is 17.8. The molecule has 0 unspecified atom stereocenters. The summed E-state index contributed by atoms with van der Waals surface area (Å²) in [5.41, 5.74) is 0. The van der Waals surface area contributed by atoms with Crippen LogP contribution in [0.25, 0.3) is 0 Å². The summed E-state index contributed by atoms with van der Waals surface area (Å²) in [7, 11) is 0. The molecule has 0 heterocycles. The highest BCUT2D eigenvalue weighted by atomic mass is 16.6. The van der Waals surface area contributed by atoms with Crippen molar-refractivity contribution in [1.29, 1.82) is 0 Å². The Morgan fingerprint density at radius 1 is 0.345 bits per heavy atom. The first-order valence-corrected chi connectivity index (χ1v) is 26.2. The van der Waals surface area contributed by atoms with Gasteiger partial charge in [-0.05, 0) is 44.9 Å². The maximum Gasteiger partial charge on any atom is 0.305 e. The van der Waals surface area contributed by atoms with Gasteiger partial charge in [-0.25, -0.2) is 0 Å². The fourth-order valence-electron chi connectivity index (χ4n) is 7.83. The van der Waals surface area contributed by atoms with Crippen molar-refractivity contribution < 1.29 is 23.8 Å². The number of allylic oxidation sites excluding steroid dienone is 2. The third kappa shape index (κ3) is 47.3. The van der Waals surface area contributed by atoms with Crippen molar-refractivity contribution in [3.05, 3.63) is 12.2 Å². The molecule has 0 saturated carbocycles. The molecular formula is C53H102O5. The van der Waals surface area contributed by atoms with Gasteiger partial charge in [-0.3, -0.25) is 9.59 Å². The molecule has 0 aromatic rings. The summed E-state index contributed by atoms with van der Waals surface area (Å²) in [6.45, 7) is 7.76. The molecule has 0 radical (unpaired) electrons. The first kappa shape index (κ1) is 56.6. The van der Waals surface area contributed by atoms with E-state index in [4.69, 9.17) is 14.2 Å². The van der Waals surface area contributed by atoms with Crippen LogP contribution in [0.3, 0.4) is 0 Å². The quantitative estimate of drug-likeness (QED) is 0.0348. The van der Waals surface area contributed by atoms with E-state index in [1.807, 2.05) is 0 Å². The molecule has 58 heavy (non-hydrogen) atoms. The van der Waals surface area contributed by atoms with Gasteiger partial charge >= 0.3 is 11.9 Å². The van der Waals surface area contributed by atoms with E-state index in [0.29, 0.717) is 19.4 Å². The van der Waals surface area contributed by atoms with Gasteiger partial charge < -0.3 is 14.2 Å². The summed E-state index contributed by atoms with van der Waals surface area (Å²) in [6, 6.07) is 0. The lowest BCUT2D eigenvalue weighted by Gasteiger charge is -2.18. The summed E-state index contributed by atoms with van der Waals surface area (Å²) < 4.78 is 17.4. The number of hydrogen-bond acceptors (Lipinski definition) is 5. The molecule has 0 aromatic heterocycles. The van der Waals surface area contributed by atoms with Gasteiger partial charge in [0.25, 0.3) is 0 Å². The number of unbranched alkanes of at least 4 members (excludes halogenated alkanes) is 36. The average molecular weight is 819 g/mol. The Kier molecular flexibility index (Phi) is 48.8. The standard InChI is InChI=1S/C53H102O5/c1-4-7-10-13-16-19-22-25-26-27-30-33-36-39-42-45-48-56-51(49-57-52(54)46-43-40-37-34-31-28-23-20-17-14-11-8-5-2)50-58-53(55)47-44-41-38-35-32-29-24-21-18-15-12-9-6-3/h25-26,51H,4-24,27-50H2,1-3H3/b26-25-. The maximum absolute atomic E-state index is 12.6. The summed E-state index contributed by atoms with van der Waals surface area (Å²) >= 11 is 0. The predicted molar refractivity (Wildman–Crippen MR) is 252 cm³/mol. The molecule has 0 spiro atoms. The zero-order valence-electron chi connectivity index (χ0n) is 39.6. The maximum atomic E-state index is 12.6. The highest BCUT2D eigenvalue weighted by molar-refractivity contribution is 5.69. The Morgan fingerprint density at radius 3 is 0.914 bits per heavy atom. The van der Waals surface area contributed by atoms with E-state index in [-0.39, 0.29) is 25.2 Å². The lowest BCUT2D eigenvalue weighted by Crippen LogP contribution is -2.29. The second-order valence-electron chi connectivity index (χ2n) is 17.8. The Balaban J connectivity index is 4.21. The molecule has 5 nitrogen and oxygen atoms in total. The van der Waals surface area contributed by atoms with Gasteiger partial charge in [0.15, 0.2) is 0 Å². The largest absolute Gasteiger partial charge is 0.463 e. The molecule has 0 N–H and O–H groups in total. The highest BCUT2D eigenvalue weighted by Gasteiger charge is 2.16. The number of ether oxygens (including phenoxy) is 3. The van der Waals surface area contributed by atoms with Crippen LogP contribution in [-0.4, -0.2) is 37.9 Å². The summed E-state index contributed by atoms with van der Waals surface area (Å²) in [4.78, 5) is 25.2. The molecule has 344 valence electrons. The van der Waals surface area contributed by atoms with Gasteiger partial charge in [-0.2, -0.15) is 0 Å². The van der Waals surface area contributed by atoms with E-state index in [0.717, 1.165) is 38.5 Å². The van der Waals surface area contributed by atoms with Crippen LogP contribution in [0.2, 0.25) is 0 Å². The molecule has 0 rings (SSSR count). The monoisotopic (exact) mass is 819 g/mol. The van der Waals surface area contributed by atoms with Crippen LogP contribution in [0, 0.1) is 0 Å². The van der Waals surface area contributed by atoms with E-state index < -0.39 is 6.10 Å². The van der Waals surface area contributed by atoms with Crippen molar-refractivity contribution in [2.24, 2.45) is 0 Å². The van der Waals surface area contributed by atoms with E-state index in [1.54, 1.807) is 0 Å². The van der Waals surface area contributed by atoms with Gasteiger partial charge in [0.2, 0.25) is 0 Å². The number of carbonyl (C=O) groups excluding carboxylic acids is 2. The van der Waals surface area contributed by atoms with Gasteiger partial charge in [-0.15, -0.1) is 0 Å². The van der Waals surface area contributed by atoms with Crippen molar-refractivity contribution in [3.63, 3.8) is 0 Å². The molecule has 0 bridgehead atoms. The number of hydrogen-bond donors (Lipinski definition) is 0. The molecule has 0 fully saturated rings. The van der Waals surface area contributed by atoms with Crippen LogP contribution < -0.4 is 0 Å².